The molecule has 158 valence electrons. The molecule has 0 aromatic heterocycles. The zero-order chi connectivity index (χ0) is 22.9. The van der Waals surface area contributed by atoms with E-state index < -0.39 is 4.92 Å². The molecular weight excluding hydrogens is 406 g/mol. The first-order valence-electron chi connectivity index (χ1n) is 9.80. The van der Waals surface area contributed by atoms with Gasteiger partial charge in [0, 0.05) is 17.7 Å². The Morgan fingerprint density at radius 3 is 2.44 bits per heavy atom. The fraction of sp³-hybridized carbons (Fsp3) is 0.120. The SMILES string of the molecule is CCOc1cc(/C=C(/C#N)c2ccc([N+](=O)[O-])cc2)ccc1OCc1ccccc1C#N. The lowest BCUT2D eigenvalue weighted by Crippen LogP contribution is -2.01. The van der Waals surface area contributed by atoms with E-state index in [2.05, 4.69) is 12.1 Å². The molecule has 0 aliphatic rings. The molecule has 0 unspecified atom stereocenters. The van der Waals surface area contributed by atoms with Crippen LogP contribution in [0.4, 0.5) is 5.69 Å². The standard InChI is InChI=1S/C25H19N3O4/c1-2-31-25-14-18(13-22(16-27)19-8-10-23(11-9-19)28(29)30)7-12-24(25)32-17-21-6-4-3-5-20(21)15-26/h3-14H,2,17H2,1H3/b22-13-. The Labute approximate surface area is 185 Å². The largest absolute Gasteiger partial charge is 0.490 e. The molecule has 0 spiro atoms. The Kier molecular flexibility index (Phi) is 7.19. The second-order valence-corrected chi connectivity index (χ2v) is 6.67. The Morgan fingerprint density at radius 1 is 1.03 bits per heavy atom. The van der Waals surface area contributed by atoms with Gasteiger partial charge in [-0.25, -0.2) is 0 Å². The van der Waals surface area contributed by atoms with Gasteiger partial charge in [0.05, 0.1) is 34.8 Å². The lowest BCUT2D eigenvalue weighted by molar-refractivity contribution is -0.384. The van der Waals surface area contributed by atoms with Gasteiger partial charge < -0.3 is 9.47 Å². The van der Waals surface area contributed by atoms with Gasteiger partial charge in [-0.05, 0) is 54.5 Å². The molecule has 0 radical (unpaired) electrons. The molecule has 0 fully saturated rings. The van der Waals surface area contributed by atoms with E-state index in [0.29, 0.717) is 40.4 Å². The van der Waals surface area contributed by atoms with Crippen LogP contribution >= 0.6 is 0 Å². The van der Waals surface area contributed by atoms with Crippen molar-refractivity contribution in [1.82, 2.24) is 0 Å². The highest BCUT2D eigenvalue weighted by molar-refractivity contribution is 5.90. The third-order valence-corrected chi connectivity index (χ3v) is 4.61. The zero-order valence-electron chi connectivity index (χ0n) is 17.3. The summed E-state index contributed by atoms with van der Waals surface area (Å²) in [5.41, 5.74) is 2.93. The van der Waals surface area contributed by atoms with Crippen LogP contribution in [0.2, 0.25) is 0 Å². The Bertz CT molecular complexity index is 1240. The molecule has 0 atom stereocenters. The van der Waals surface area contributed by atoms with Gasteiger partial charge in [-0.2, -0.15) is 10.5 Å². The summed E-state index contributed by atoms with van der Waals surface area (Å²) in [4.78, 5) is 10.4. The van der Waals surface area contributed by atoms with E-state index in [4.69, 9.17) is 9.47 Å². The maximum Gasteiger partial charge on any atom is 0.269 e. The van der Waals surface area contributed by atoms with Crippen molar-refractivity contribution in [2.75, 3.05) is 6.61 Å². The highest BCUT2D eigenvalue weighted by Crippen LogP contribution is 2.31. The summed E-state index contributed by atoms with van der Waals surface area (Å²) in [6.07, 6.45) is 1.68. The first-order chi connectivity index (χ1) is 15.5. The molecule has 0 bridgehead atoms. The Hall–Kier alpha value is -4.62. The van der Waals surface area contributed by atoms with Crippen molar-refractivity contribution < 1.29 is 14.4 Å². The van der Waals surface area contributed by atoms with Crippen LogP contribution in [-0.4, -0.2) is 11.5 Å². The first kappa shape index (κ1) is 22.1. The van der Waals surface area contributed by atoms with Crippen molar-refractivity contribution in [3.05, 3.63) is 99.1 Å². The molecule has 0 saturated carbocycles. The third-order valence-electron chi connectivity index (χ3n) is 4.61. The summed E-state index contributed by atoms with van der Waals surface area (Å²) in [6, 6.07) is 22.6. The van der Waals surface area contributed by atoms with Crippen LogP contribution in [-0.2, 0) is 6.61 Å². The van der Waals surface area contributed by atoms with Gasteiger partial charge in [0.15, 0.2) is 11.5 Å². The molecule has 0 aliphatic heterocycles. The number of benzene rings is 3. The minimum atomic E-state index is -0.484. The molecule has 0 aliphatic carbocycles. The van der Waals surface area contributed by atoms with Crippen LogP contribution in [0.25, 0.3) is 11.6 Å². The molecule has 0 amide bonds. The molecule has 0 heterocycles. The number of nitro groups is 1. The average molecular weight is 425 g/mol. The van der Waals surface area contributed by atoms with Crippen molar-refractivity contribution in [3.63, 3.8) is 0 Å². The molecule has 3 aromatic carbocycles. The van der Waals surface area contributed by atoms with Crippen molar-refractivity contribution in [2.24, 2.45) is 0 Å². The summed E-state index contributed by atoms with van der Waals surface area (Å²) >= 11 is 0. The van der Waals surface area contributed by atoms with Gasteiger partial charge in [0.1, 0.15) is 6.61 Å². The number of nitriles is 2. The molecule has 32 heavy (non-hydrogen) atoms. The van der Waals surface area contributed by atoms with Crippen LogP contribution in [0, 0.1) is 32.8 Å². The first-order valence-corrected chi connectivity index (χ1v) is 9.80. The average Bonchev–Trinajstić information content (AvgIpc) is 2.82. The molecule has 7 heteroatoms. The van der Waals surface area contributed by atoms with Crippen molar-refractivity contribution in [3.8, 4) is 23.6 Å². The van der Waals surface area contributed by atoms with E-state index in [9.17, 15) is 20.6 Å². The second-order valence-electron chi connectivity index (χ2n) is 6.67. The Balaban J connectivity index is 1.86. The topological polar surface area (TPSA) is 109 Å². The minimum Gasteiger partial charge on any atom is -0.490 e. The van der Waals surface area contributed by atoms with Crippen LogP contribution in [0.5, 0.6) is 11.5 Å². The molecule has 3 rings (SSSR count). The van der Waals surface area contributed by atoms with Gasteiger partial charge in [0.25, 0.3) is 5.69 Å². The Morgan fingerprint density at radius 2 is 1.78 bits per heavy atom. The van der Waals surface area contributed by atoms with E-state index in [-0.39, 0.29) is 12.3 Å². The lowest BCUT2D eigenvalue weighted by Gasteiger charge is -2.13. The van der Waals surface area contributed by atoms with E-state index in [1.165, 1.54) is 12.1 Å². The highest BCUT2D eigenvalue weighted by atomic mass is 16.6. The third kappa shape index (κ3) is 5.29. The number of hydrogen-bond acceptors (Lipinski definition) is 6. The summed E-state index contributed by atoms with van der Waals surface area (Å²) < 4.78 is 11.6. The molecular formula is C25H19N3O4. The lowest BCUT2D eigenvalue weighted by atomic mass is 10.0. The molecule has 0 N–H and O–H groups in total. The summed E-state index contributed by atoms with van der Waals surface area (Å²) in [5.74, 6) is 1.03. The van der Waals surface area contributed by atoms with Crippen molar-refractivity contribution >= 4 is 17.3 Å². The fourth-order valence-corrected chi connectivity index (χ4v) is 3.02. The second kappa shape index (κ2) is 10.4. The zero-order valence-corrected chi connectivity index (χ0v) is 17.3. The smallest absolute Gasteiger partial charge is 0.269 e. The monoisotopic (exact) mass is 425 g/mol. The van der Waals surface area contributed by atoms with Crippen molar-refractivity contribution in [2.45, 2.75) is 13.5 Å². The number of nitro benzene ring substituents is 1. The maximum absolute atomic E-state index is 10.8. The molecule has 7 nitrogen and oxygen atoms in total. The summed E-state index contributed by atoms with van der Waals surface area (Å²) in [7, 11) is 0. The minimum absolute atomic E-state index is 0.0378. The number of allylic oxidation sites excluding steroid dienone is 1. The van der Waals surface area contributed by atoms with E-state index in [1.807, 2.05) is 19.1 Å². The number of nitrogens with zero attached hydrogens (tertiary/aromatic N) is 3. The molecule has 0 saturated heterocycles. The van der Waals surface area contributed by atoms with Crippen LogP contribution in [0.15, 0.2) is 66.7 Å². The number of hydrogen-bond donors (Lipinski definition) is 0. The quantitative estimate of drug-likeness (QED) is 0.204. The van der Waals surface area contributed by atoms with Gasteiger partial charge in [0.2, 0.25) is 0 Å². The van der Waals surface area contributed by atoms with Crippen LogP contribution in [0.1, 0.15) is 29.2 Å². The van der Waals surface area contributed by atoms with Gasteiger partial charge in [-0.15, -0.1) is 0 Å². The van der Waals surface area contributed by atoms with E-state index >= 15 is 0 Å². The maximum atomic E-state index is 10.8. The predicted octanol–water partition coefficient (Wildman–Crippen LogP) is 5.51. The van der Waals surface area contributed by atoms with Gasteiger partial charge in [-0.1, -0.05) is 24.3 Å². The van der Waals surface area contributed by atoms with E-state index in [0.717, 1.165) is 5.56 Å². The van der Waals surface area contributed by atoms with Crippen molar-refractivity contribution in [1.29, 1.82) is 10.5 Å². The fourth-order valence-electron chi connectivity index (χ4n) is 3.02. The number of non-ortho nitro benzene ring substituents is 1. The summed E-state index contributed by atoms with van der Waals surface area (Å²) in [5, 5.41) is 29.6. The summed E-state index contributed by atoms with van der Waals surface area (Å²) in [6.45, 7) is 2.49. The number of rotatable bonds is 8. The molecule has 3 aromatic rings. The highest BCUT2D eigenvalue weighted by Gasteiger charge is 2.10. The van der Waals surface area contributed by atoms with Gasteiger partial charge in [-0.3, -0.25) is 10.1 Å². The number of ether oxygens (including phenoxy) is 2. The van der Waals surface area contributed by atoms with Crippen LogP contribution in [0.3, 0.4) is 0 Å². The normalized spacial score (nSPS) is 10.7. The predicted molar refractivity (Wildman–Crippen MR) is 120 cm³/mol. The van der Waals surface area contributed by atoms with E-state index in [1.54, 1.807) is 48.5 Å². The van der Waals surface area contributed by atoms with Crippen LogP contribution < -0.4 is 9.47 Å². The van der Waals surface area contributed by atoms with Gasteiger partial charge >= 0.3 is 0 Å².